The summed E-state index contributed by atoms with van der Waals surface area (Å²) >= 11 is 0. The van der Waals surface area contributed by atoms with Gasteiger partial charge in [-0.1, -0.05) is 24.3 Å². The third-order valence-corrected chi connectivity index (χ3v) is 10.3. The maximum Gasteiger partial charge on any atom is 0.213 e. The lowest BCUT2D eigenvalue weighted by Crippen LogP contribution is -2.31. The van der Waals surface area contributed by atoms with Gasteiger partial charge in [0, 0.05) is 37.6 Å². The molecule has 244 valence electrons. The first-order chi connectivity index (χ1) is 23.0. The summed E-state index contributed by atoms with van der Waals surface area (Å²) < 4.78 is 62.5. The van der Waals surface area contributed by atoms with Crippen molar-refractivity contribution in [2.45, 2.75) is 34.2 Å². The van der Waals surface area contributed by atoms with Crippen molar-refractivity contribution >= 4 is 21.2 Å². The molecule has 11 heteroatoms. The standard InChI is InChI=1S/C36H36N2O8S/c39-47(40,35-7-3-1-5-33(35)45-27-13-9-25(10-14-27)37(17-29-21-41-29)18-30-22-42-30)36-8-4-2-6-34(36)46-28-15-11-26(12-16-28)38(19-31-23-43-31)20-32-24-44-32/h1-16,29-32H,17-24H2. The Balaban J connectivity index is 0.995. The number of benzene rings is 4. The number of nitrogens with zero attached hydrogens (tertiary/aromatic N) is 2. The largest absolute Gasteiger partial charge is 0.456 e. The molecule has 0 spiro atoms. The minimum Gasteiger partial charge on any atom is -0.456 e. The molecule has 0 aromatic heterocycles. The van der Waals surface area contributed by atoms with Gasteiger partial charge in [0.1, 0.15) is 32.8 Å². The number of rotatable bonds is 16. The maximum absolute atomic E-state index is 14.2. The van der Waals surface area contributed by atoms with Gasteiger partial charge in [0.2, 0.25) is 9.84 Å². The van der Waals surface area contributed by atoms with Gasteiger partial charge in [-0.2, -0.15) is 0 Å². The Labute approximate surface area is 274 Å². The zero-order chi connectivity index (χ0) is 31.8. The van der Waals surface area contributed by atoms with Crippen LogP contribution in [0.15, 0.2) is 107 Å². The first-order valence-electron chi connectivity index (χ1n) is 15.9. The topological polar surface area (TPSA) is 109 Å². The van der Waals surface area contributed by atoms with Crippen molar-refractivity contribution in [1.82, 2.24) is 0 Å². The van der Waals surface area contributed by atoms with Gasteiger partial charge >= 0.3 is 0 Å². The molecule has 10 nitrogen and oxygen atoms in total. The molecule has 47 heavy (non-hydrogen) atoms. The quantitative estimate of drug-likeness (QED) is 0.147. The predicted octanol–water partition coefficient (Wildman–Crippen LogP) is 5.31. The minimum atomic E-state index is -4.03. The van der Waals surface area contributed by atoms with E-state index in [-0.39, 0.29) is 45.7 Å². The molecule has 4 saturated heterocycles. The molecule has 4 aliphatic heterocycles. The summed E-state index contributed by atoms with van der Waals surface area (Å²) in [6, 6.07) is 28.6. The highest BCUT2D eigenvalue weighted by molar-refractivity contribution is 7.91. The zero-order valence-electron chi connectivity index (χ0n) is 25.8. The van der Waals surface area contributed by atoms with Crippen molar-refractivity contribution in [3.8, 4) is 23.0 Å². The van der Waals surface area contributed by atoms with Gasteiger partial charge in [-0.05, 0) is 72.8 Å². The Morgan fingerprint density at radius 1 is 0.511 bits per heavy atom. The second-order valence-corrected chi connectivity index (χ2v) is 14.1. The van der Waals surface area contributed by atoms with E-state index in [1.54, 1.807) is 48.5 Å². The fraction of sp³-hybridized carbons (Fsp3) is 0.333. The number of epoxide rings is 4. The van der Waals surface area contributed by atoms with Crippen LogP contribution in [0.2, 0.25) is 0 Å². The van der Waals surface area contributed by atoms with Crippen LogP contribution >= 0.6 is 0 Å². The molecule has 4 atom stereocenters. The Hall–Kier alpha value is -4.13. The summed E-state index contributed by atoms with van der Waals surface area (Å²) in [6.45, 7) is 6.32. The SMILES string of the molecule is O=S(=O)(c1ccccc1Oc1ccc(N(CC2CO2)CC2CO2)cc1)c1ccccc1Oc1ccc(N(CC2CO2)CC2CO2)cc1. The summed E-state index contributed by atoms with van der Waals surface area (Å²) in [4.78, 5) is 4.61. The molecule has 4 fully saturated rings. The van der Waals surface area contributed by atoms with Gasteiger partial charge in [-0.25, -0.2) is 8.42 Å². The van der Waals surface area contributed by atoms with Crippen LogP contribution in [-0.2, 0) is 28.8 Å². The van der Waals surface area contributed by atoms with E-state index in [4.69, 9.17) is 28.4 Å². The monoisotopic (exact) mass is 656 g/mol. The molecular weight excluding hydrogens is 620 g/mol. The van der Waals surface area contributed by atoms with Gasteiger partial charge in [-0.15, -0.1) is 0 Å². The van der Waals surface area contributed by atoms with E-state index >= 15 is 0 Å². The number of anilines is 2. The first-order valence-corrected chi connectivity index (χ1v) is 17.4. The number of ether oxygens (including phenoxy) is 6. The van der Waals surface area contributed by atoms with Crippen LogP contribution in [0.1, 0.15) is 0 Å². The Morgan fingerprint density at radius 3 is 1.15 bits per heavy atom. The molecule has 0 aliphatic carbocycles. The Bertz CT molecular complexity index is 1650. The molecule has 4 heterocycles. The number of sulfone groups is 1. The number of hydrogen-bond donors (Lipinski definition) is 0. The summed E-state index contributed by atoms with van der Waals surface area (Å²) in [5, 5.41) is 0. The minimum absolute atomic E-state index is 0.0501. The summed E-state index contributed by atoms with van der Waals surface area (Å²) in [6.07, 6.45) is 0.994. The third kappa shape index (κ3) is 7.55. The van der Waals surface area contributed by atoms with E-state index < -0.39 is 9.84 Å². The molecule has 0 saturated carbocycles. The lowest BCUT2D eigenvalue weighted by Gasteiger charge is -2.23. The van der Waals surface area contributed by atoms with Gasteiger partial charge in [0.25, 0.3) is 0 Å². The van der Waals surface area contributed by atoms with Crippen molar-refractivity contribution in [2.75, 3.05) is 62.4 Å². The van der Waals surface area contributed by atoms with Gasteiger partial charge in [-0.3, -0.25) is 0 Å². The lowest BCUT2D eigenvalue weighted by molar-refractivity contribution is 0.388. The molecule has 4 aromatic carbocycles. The van der Waals surface area contributed by atoms with E-state index in [0.29, 0.717) is 11.5 Å². The average Bonchev–Trinajstić information content (AvgIpc) is 3.89. The molecule has 0 N–H and O–H groups in total. The fourth-order valence-electron chi connectivity index (χ4n) is 5.58. The molecule has 0 radical (unpaired) electrons. The Morgan fingerprint density at radius 2 is 0.830 bits per heavy atom. The van der Waals surface area contributed by atoms with E-state index in [0.717, 1.165) is 64.0 Å². The van der Waals surface area contributed by atoms with Crippen LogP contribution in [0.25, 0.3) is 0 Å². The molecule has 4 aromatic rings. The van der Waals surface area contributed by atoms with Crippen molar-refractivity contribution < 1.29 is 36.8 Å². The molecule has 4 aliphatic rings. The van der Waals surface area contributed by atoms with Crippen LogP contribution < -0.4 is 19.3 Å². The third-order valence-electron chi connectivity index (χ3n) is 8.44. The van der Waals surface area contributed by atoms with Crippen LogP contribution in [0.3, 0.4) is 0 Å². The van der Waals surface area contributed by atoms with Crippen LogP contribution in [0, 0.1) is 0 Å². The smallest absolute Gasteiger partial charge is 0.213 e. The van der Waals surface area contributed by atoms with Crippen LogP contribution in [-0.4, -0.2) is 85.4 Å². The second-order valence-electron chi connectivity index (χ2n) is 12.2. The number of hydrogen-bond acceptors (Lipinski definition) is 10. The van der Waals surface area contributed by atoms with E-state index in [1.807, 2.05) is 48.5 Å². The highest BCUT2D eigenvalue weighted by Gasteiger charge is 2.32. The molecule has 4 unspecified atom stereocenters. The van der Waals surface area contributed by atoms with Crippen LogP contribution in [0.4, 0.5) is 11.4 Å². The van der Waals surface area contributed by atoms with Crippen molar-refractivity contribution in [3.63, 3.8) is 0 Å². The molecular formula is C36H36N2O8S. The van der Waals surface area contributed by atoms with Crippen molar-refractivity contribution in [2.24, 2.45) is 0 Å². The normalized spacial score (nSPS) is 22.3. The average molecular weight is 657 g/mol. The molecule has 0 bridgehead atoms. The molecule has 8 rings (SSSR count). The zero-order valence-corrected chi connectivity index (χ0v) is 26.6. The van der Waals surface area contributed by atoms with Gasteiger partial charge in [0.05, 0.1) is 50.8 Å². The first kappa shape index (κ1) is 30.2. The maximum atomic E-state index is 14.2. The Kier molecular flexibility index (Phi) is 8.24. The van der Waals surface area contributed by atoms with E-state index in [2.05, 4.69) is 9.80 Å². The lowest BCUT2D eigenvalue weighted by atomic mass is 10.2. The van der Waals surface area contributed by atoms with Crippen molar-refractivity contribution in [3.05, 3.63) is 97.1 Å². The number of para-hydroxylation sites is 2. The van der Waals surface area contributed by atoms with Crippen molar-refractivity contribution in [1.29, 1.82) is 0 Å². The van der Waals surface area contributed by atoms with Crippen LogP contribution in [0.5, 0.6) is 23.0 Å². The predicted molar refractivity (Wildman–Crippen MR) is 175 cm³/mol. The summed E-state index contributed by atoms with van der Waals surface area (Å²) in [5.41, 5.74) is 2.06. The summed E-state index contributed by atoms with van der Waals surface area (Å²) in [5.74, 6) is 1.52. The summed E-state index contributed by atoms with van der Waals surface area (Å²) in [7, 11) is -4.03. The van der Waals surface area contributed by atoms with E-state index in [9.17, 15) is 8.42 Å². The van der Waals surface area contributed by atoms with Gasteiger partial charge < -0.3 is 38.2 Å². The molecule has 0 amide bonds. The second kappa shape index (κ2) is 12.8. The van der Waals surface area contributed by atoms with E-state index in [1.165, 1.54) is 0 Å². The fourth-order valence-corrected chi connectivity index (χ4v) is 7.08. The highest BCUT2D eigenvalue weighted by Crippen LogP contribution is 2.38. The highest BCUT2D eigenvalue weighted by atomic mass is 32.2. The van der Waals surface area contributed by atoms with Gasteiger partial charge in [0.15, 0.2) is 0 Å².